The van der Waals surface area contributed by atoms with Crippen LogP contribution in [0.2, 0.25) is 0 Å². The van der Waals surface area contributed by atoms with Crippen LogP contribution in [0.1, 0.15) is 19.4 Å². The first-order valence-electron chi connectivity index (χ1n) is 6.52. The summed E-state index contributed by atoms with van der Waals surface area (Å²) < 4.78 is 0. The molecular formula is C14H23N3O. The number of nitrogens with zero attached hydrogens (tertiary/aromatic N) is 3. The molecule has 0 aliphatic carbocycles. The van der Waals surface area contributed by atoms with Gasteiger partial charge in [-0.1, -0.05) is 0 Å². The largest absolute Gasteiger partial charge is 0.342 e. The Bertz CT molecular complexity index is 349. The lowest BCUT2D eigenvalue weighted by molar-refractivity contribution is -0.131. The van der Waals surface area contributed by atoms with Crippen molar-refractivity contribution in [3.8, 4) is 0 Å². The third kappa shape index (κ3) is 4.84. The second-order valence-electron chi connectivity index (χ2n) is 4.41. The van der Waals surface area contributed by atoms with Gasteiger partial charge in [0, 0.05) is 32.0 Å². The van der Waals surface area contributed by atoms with E-state index in [2.05, 4.69) is 9.88 Å². The lowest BCUT2D eigenvalue weighted by Crippen LogP contribution is -2.39. The predicted molar refractivity (Wildman–Crippen MR) is 73.4 cm³/mol. The van der Waals surface area contributed by atoms with Crippen molar-refractivity contribution in [3.63, 3.8) is 0 Å². The molecule has 4 nitrogen and oxygen atoms in total. The first-order chi connectivity index (χ1) is 8.67. The van der Waals surface area contributed by atoms with Gasteiger partial charge in [0.15, 0.2) is 0 Å². The summed E-state index contributed by atoms with van der Waals surface area (Å²) in [5.41, 5.74) is 1.26. The van der Waals surface area contributed by atoms with Crippen LogP contribution in [-0.4, -0.2) is 53.9 Å². The Kier molecular flexibility index (Phi) is 6.36. The Hall–Kier alpha value is -1.42. The molecule has 1 heterocycles. The number of hydrogen-bond acceptors (Lipinski definition) is 3. The summed E-state index contributed by atoms with van der Waals surface area (Å²) in [4.78, 5) is 19.8. The van der Waals surface area contributed by atoms with Gasteiger partial charge in [-0.15, -0.1) is 0 Å². The number of aromatic nitrogens is 1. The van der Waals surface area contributed by atoms with E-state index in [0.29, 0.717) is 6.54 Å². The van der Waals surface area contributed by atoms with E-state index in [1.807, 2.05) is 37.9 Å². The van der Waals surface area contributed by atoms with Gasteiger partial charge in [-0.2, -0.15) is 0 Å². The molecule has 1 rings (SSSR count). The number of amides is 1. The minimum Gasteiger partial charge on any atom is -0.342 e. The molecule has 0 saturated carbocycles. The average molecular weight is 249 g/mol. The van der Waals surface area contributed by atoms with Crippen LogP contribution in [0.15, 0.2) is 24.5 Å². The molecule has 18 heavy (non-hydrogen) atoms. The zero-order valence-electron chi connectivity index (χ0n) is 11.6. The molecular weight excluding hydrogens is 226 g/mol. The van der Waals surface area contributed by atoms with Crippen LogP contribution >= 0.6 is 0 Å². The molecule has 4 heteroatoms. The minimum absolute atomic E-state index is 0.206. The van der Waals surface area contributed by atoms with Crippen LogP contribution in [-0.2, 0) is 11.2 Å². The average Bonchev–Trinajstić information content (AvgIpc) is 2.39. The summed E-state index contributed by atoms with van der Waals surface area (Å²) in [6, 6.07) is 4.03. The maximum atomic E-state index is 11.9. The molecule has 0 radical (unpaired) electrons. The molecule has 0 N–H and O–H groups in total. The first-order valence-corrected chi connectivity index (χ1v) is 6.52. The van der Waals surface area contributed by atoms with E-state index in [4.69, 9.17) is 0 Å². The summed E-state index contributed by atoms with van der Waals surface area (Å²) in [5.74, 6) is 0.206. The van der Waals surface area contributed by atoms with Crippen molar-refractivity contribution < 1.29 is 4.79 Å². The van der Waals surface area contributed by atoms with Gasteiger partial charge in [0.25, 0.3) is 0 Å². The SMILES string of the molecule is CCN(CC)C(=O)CN(C)CCc1ccncc1. The fourth-order valence-corrected chi connectivity index (χ4v) is 1.86. The molecule has 0 bridgehead atoms. The molecule has 1 aromatic rings. The zero-order valence-corrected chi connectivity index (χ0v) is 11.6. The Morgan fingerprint density at radius 1 is 1.22 bits per heavy atom. The van der Waals surface area contributed by atoms with E-state index in [0.717, 1.165) is 26.1 Å². The molecule has 0 unspecified atom stereocenters. The zero-order chi connectivity index (χ0) is 13.4. The Morgan fingerprint density at radius 2 is 1.83 bits per heavy atom. The smallest absolute Gasteiger partial charge is 0.236 e. The Labute approximate surface area is 110 Å². The van der Waals surface area contributed by atoms with E-state index >= 15 is 0 Å². The highest BCUT2D eigenvalue weighted by Crippen LogP contribution is 1.99. The lowest BCUT2D eigenvalue weighted by Gasteiger charge is -2.23. The maximum absolute atomic E-state index is 11.9. The summed E-state index contributed by atoms with van der Waals surface area (Å²) in [6.07, 6.45) is 4.55. The maximum Gasteiger partial charge on any atom is 0.236 e. The Morgan fingerprint density at radius 3 is 2.39 bits per heavy atom. The molecule has 100 valence electrons. The summed E-state index contributed by atoms with van der Waals surface area (Å²) in [6.45, 7) is 6.97. The van der Waals surface area contributed by atoms with Gasteiger partial charge < -0.3 is 4.90 Å². The molecule has 1 amide bonds. The highest BCUT2D eigenvalue weighted by Gasteiger charge is 2.11. The van der Waals surface area contributed by atoms with Crippen molar-refractivity contribution in [3.05, 3.63) is 30.1 Å². The van der Waals surface area contributed by atoms with E-state index in [1.54, 1.807) is 12.4 Å². The topological polar surface area (TPSA) is 36.4 Å². The monoisotopic (exact) mass is 249 g/mol. The van der Waals surface area contributed by atoms with Crippen molar-refractivity contribution >= 4 is 5.91 Å². The van der Waals surface area contributed by atoms with Gasteiger partial charge in [-0.25, -0.2) is 0 Å². The number of likely N-dealkylation sites (N-methyl/N-ethyl adjacent to an activating group) is 2. The molecule has 0 fully saturated rings. The molecule has 0 aromatic carbocycles. The molecule has 0 aliphatic rings. The highest BCUT2D eigenvalue weighted by atomic mass is 16.2. The second kappa shape index (κ2) is 7.82. The minimum atomic E-state index is 0.206. The van der Waals surface area contributed by atoms with Gasteiger partial charge in [0.2, 0.25) is 5.91 Å². The second-order valence-corrected chi connectivity index (χ2v) is 4.41. The number of carbonyl (C=O) groups excluding carboxylic acids is 1. The summed E-state index contributed by atoms with van der Waals surface area (Å²) >= 11 is 0. The summed E-state index contributed by atoms with van der Waals surface area (Å²) in [5, 5.41) is 0. The normalized spacial score (nSPS) is 10.7. The van der Waals surface area contributed by atoms with Crippen molar-refractivity contribution in [1.82, 2.24) is 14.8 Å². The Balaban J connectivity index is 2.33. The number of hydrogen-bond donors (Lipinski definition) is 0. The van der Waals surface area contributed by atoms with Crippen molar-refractivity contribution in [2.24, 2.45) is 0 Å². The van der Waals surface area contributed by atoms with Crippen LogP contribution < -0.4 is 0 Å². The fourth-order valence-electron chi connectivity index (χ4n) is 1.86. The van der Waals surface area contributed by atoms with Gasteiger partial charge in [0.1, 0.15) is 0 Å². The van der Waals surface area contributed by atoms with E-state index in [1.165, 1.54) is 5.56 Å². The number of carbonyl (C=O) groups is 1. The molecule has 0 atom stereocenters. The number of pyridine rings is 1. The van der Waals surface area contributed by atoms with Crippen molar-refractivity contribution in [2.45, 2.75) is 20.3 Å². The van der Waals surface area contributed by atoms with Gasteiger partial charge in [-0.05, 0) is 45.0 Å². The molecule has 1 aromatic heterocycles. The third-order valence-corrected chi connectivity index (χ3v) is 3.05. The van der Waals surface area contributed by atoms with Crippen molar-refractivity contribution in [2.75, 3.05) is 33.2 Å². The standard InChI is InChI=1S/C14H23N3O/c1-4-17(5-2)14(18)12-16(3)11-8-13-6-9-15-10-7-13/h6-7,9-10H,4-5,8,11-12H2,1-3H3. The first kappa shape index (κ1) is 14.6. The van der Waals surface area contributed by atoms with E-state index in [9.17, 15) is 4.79 Å². The van der Waals surface area contributed by atoms with Gasteiger partial charge in [0.05, 0.1) is 6.54 Å². The van der Waals surface area contributed by atoms with Crippen LogP contribution in [0.4, 0.5) is 0 Å². The molecule has 0 spiro atoms. The molecule has 0 aliphatic heterocycles. The van der Waals surface area contributed by atoms with Gasteiger partial charge >= 0.3 is 0 Å². The lowest BCUT2D eigenvalue weighted by atomic mass is 10.2. The fraction of sp³-hybridized carbons (Fsp3) is 0.571. The highest BCUT2D eigenvalue weighted by molar-refractivity contribution is 5.78. The van der Waals surface area contributed by atoms with Crippen LogP contribution in [0, 0.1) is 0 Å². The predicted octanol–water partition coefficient (Wildman–Crippen LogP) is 1.42. The van der Waals surface area contributed by atoms with E-state index < -0.39 is 0 Å². The van der Waals surface area contributed by atoms with Crippen LogP contribution in [0.5, 0.6) is 0 Å². The van der Waals surface area contributed by atoms with Crippen LogP contribution in [0.3, 0.4) is 0 Å². The summed E-state index contributed by atoms with van der Waals surface area (Å²) in [7, 11) is 1.99. The van der Waals surface area contributed by atoms with Gasteiger partial charge in [-0.3, -0.25) is 14.7 Å². The van der Waals surface area contributed by atoms with E-state index in [-0.39, 0.29) is 5.91 Å². The molecule has 0 saturated heterocycles. The number of rotatable bonds is 7. The van der Waals surface area contributed by atoms with Crippen LogP contribution in [0.25, 0.3) is 0 Å². The quantitative estimate of drug-likeness (QED) is 0.733. The van der Waals surface area contributed by atoms with Crippen molar-refractivity contribution in [1.29, 1.82) is 0 Å². The third-order valence-electron chi connectivity index (χ3n) is 3.05.